The van der Waals surface area contributed by atoms with Gasteiger partial charge in [-0.3, -0.25) is 4.79 Å². The highest BCUT2D eigenvalue weighted by atomic mass is 19.4. The number of hydrogen-bond donors (Lipinski definition) is 3. The third-order valence-electron chi connectivity index (χ3n) is 5.30. The molecule has 0 spiro atoms. The molecule has 0 aliphatic heterocycles. The van der Waals surface area contributed by atoms with Gasteiger partial charge in [0.15, 0.2) is 0 Å². The molecule has 2 aromatic carbocycles. The summed E-state index contributed by atoms with van der Waals surface area (Å²) in [7, 11) is 1.50. The van der Waals surface area contributed by atoms with Gasteiger partial charge in [0.2, 0.25) is 0 Å². The van der Waals surface area contributed by atoms with Gasteiger partial charge in [-0.25, -0.2) is 9.18 Å². The second kappa shape index (κ2) is 14.7. The fourth-order valence-corrected chi connectivity index (χ4v) is 3.23. The van der Waals surface area contributed by atoms with E-state index in [9.17, 15) is 22.4 Å². The molecule has 10 nitrogen and oxygen atoms in total. The van der Waals surface area contributed by atoms with E-state index in [-0.39, 0.29) is 5.56 Å². The van der Waals surface area contributed by atoms with Crippen LogP contribution in [0.15, 0.2) is 46.9 Å². The quantitative estimate of drug-likeness (QED) is 0.223. The fourth-order valence-electron chi connectivity index (χ4n) is 3.23. The standard InChI is InChI=1S/C23H28FN5O3.C2HF3O2/c1-4-29(5-2)14-8-13-25-23-28-27-22(32-23)18-12-11-16(15-20(18)31-3)26-21(30)17-9-6-7-10-19(17)24;3-2(4,5)1(6)7/h6-7,9-12,15H,4-5,8,13-14H2,1-3H3,(H,25,28)(H,26,30);(H,6,7). The first kappa shape index (κ1) is 31.0. The average molecular weight is 556 g/mol. The number of ether oxygens (including phenoxy) is 1. The second-order valence-corrected chi connectivity index (χ2v) is 7.87. The fraction of sp³-hybridized carbons (Fsp3) is 0.360. The van der Waals surface area contributed by atoms with Gasteiger partial charge >= 0.3 is 18.2 Å². The number of methoxy groups -OCH3 is 1. The molecule has 0 aliphatic rings. The lowest BCUT2D eigenvalue weighted by Crippen LogP contribution is -2.25. The summed E-state index contributed by atoms with van der Waals surface area (Å²) in [5.41, 5.74) is 0.998. The van der Waals surface area contributed by atoms with Crippen LogP contribution in [-0.4, -0.2) is 71.5 Å². The summed E-state index contributed by atoms with van der Waals surface area (Å²) >= 11 is 0. The van der Waals surface area contributed by atoms with Gasteiger partial charge in [0, 0.05) is 18.3 Å². The molecular weight excluding hydrogens is 526 g/mol. The smallest absolute Gasteiger partial charge is 0.490 e. The number of amides is 1. The molecule has 0 fully saturated rings. The van der Waals surface area contributed by atoms with Crippen molar-refractivity contribution in [2.45, 2.75) is 26.4 Å². The number of anilines is 2. The van der Waals surface area contributed by atoms with Gasteiger partial charge in [-0.15, -0.1) is 5.10 Å². The van der Waals surface area contributed by atoms with Crippen molar-refractivity contribution in [2.75, 3.05) is 43.9 Å². The van der Waals surface area contributed by atoms with E-state index in [1.54, 1.807) is 24.3 Å². The molecule has 212 valence electrons. The summed E-state index contributed by atoms with van der Waals surface area (Å²) in [5, 5.41) is 21.1. The Morgan fingerprint density at radius 3 is 2.36 bits per heavy atom. The minimum Gasteiger partial charge on any atom is -0.496 e. The zero-order valence-corrected chi connectivity index (χ0v) is 21.5. The third kappa shape index (κ3) is 9.56. The number of halogens is 4. The van der Waals surface area contributed by atoms with Crippen LogP contribution in [0.5, 0.6) is 5.75 Å². The number of aliphatic carboxylic acids is 1. The largest absolute Gasteiger partial charge is 0.496 e. The van der Waals surface area contributed by atoms with Crippen molar-refractivity contribution in [3.05, 3.63) is 53.8 Å². The molecule has 1 heterocycles. The van der Waals surface area contributed by atoms with Crippen LogP contribution in [0.3, 0.4) is 0 Å². The van der Waals surface area contributed by atoms with Crippen molar-refractivity contribution in [3.8, 4) is 17.2 Å². The second-order valence-electron chi connectivity index (χ2n) is 7.87. The molecule has 3 rings (SSSR count). The number of carbonyl (C=O) groups is 2. The Morgan fingerprint density at radius 2 is 1.77 bits per heavy atom. The molecule has 0 bridgehead atoms. The summed E-state index contributed by atoms with van der Waals surface area (Å²) < 4.78 is 56.7. The molecular formula is C25H29F4N5O5. The number of benzene rings is 2. The molecule has 0 saturated carbocycles. The maximum Gasteiger partial charge on any atom is 0.490 e. The lowest BCUT2D eigenvalue weighted by molar-refractivity contribution is -0.192. The first-order valence-corrected chi connectivity index (χ1v) is 11.8. The molecule has 1 amide bonds. The van der Waals surface area contributed by atoms with Gasteiger partial charge in [-0.1, -0.05) is 31.1 Å². The van der Waals surface area contributed by atoms with Crippen LogP contribution >= 0.6 is 0 Å². The number of nitrogens with one attached hydrogen (secondary N) is 2. The van der Waals surface area contributed by atoms with Gasteiger partial charge in [0.25, 0.3) is 11.8 Å². The molecule has 0 aliphatic carbocycles. The molecule has 0 unspecified atom stereocenters. The predicted molar refractivity (Wildman–Crippen MR) is 135 cm³/mol. The monoisotopic (exact) mass is 555 g/mol. The average Bonchev–Trinajstić information content (AvgIpc) is 3.37. The van der Waals surface area contributed by atoms with E-state index in [1.165, 1.54) is 25.3 Å². The highest BCUT2D eigenvalue weighted by Crippen LogP contribution is 2.32. The minimum atomic E-state index is -5.08. The SMILES string of the molecule is CCN(CC)CCCNc1nnc(-c2ccc(NC(=O)c3ccccc3F)cc2OC)o1.O=C(O)C(F)(F)F. The van der Waals surface area contributed by atoms with Gasteiger partial charge in [-0.2, -0.15) is 13.2 Å². The molecule has 0 atom stereocenters. The van der Waals surface area contributed by atoms with E-state index in [0.29, 0.717) is 28.9 Å². The van der Waals surface area contributed by atoms with Crippen LogP contribution in [0.4, 0.5) is 29.3 Å². The normalized spacial score (nSPS) is 11.0. The van der Waals surface area contributed by atoms with E-state index in [4.69, 9.17) is 19.1 Å². The lowest BCUT2D eigenvalue weighted by atomic mass is 10.1. The lowest BCUT2D eigenvalue weighted by Gasteiger charge is -2.17. The highest BCUT2D eigenvalue weighted by Gasteiger charge is 2.38. The molecule has 0 radical (unpaired) electrons. The number of carboxylic acid groups (broad SMARTS) is 1. The summed E-state index contributed by atoms with van der Waals surface area (Å²) in [5.74, 6) is -3.16. The molecule has 3 N–H and O–H groups in total. The van der Waals surface area contributed by atoms with Crippen molar-refractivity contribution in [1.82, 2.24) is 15.1 Å². The van der Waals surface area contributed by atoms with Gasteiger partial charge in [-0.05, 0) is 50.3 Å². The van der Waals surface area contributed by atoms with Crippen molar-refractivity contribution >= 4 is 23.6 Å². The first-order valence-electron chi connectivity index (χ1n) is 11.8. The van der Waals surface area contributed by atoms with Crippen LogP contribution in [0.2, 0.25) is 0 Å². The Bertz CT molecular complexity index is 1230. The summed E-state index contributed by atoms with van der Waals surface area (Å²) in [4.78, 5) is 23.6. The summed E-state index contributed by atoms with van der Waals surface area (Å²) in [6, 6.07) is 11.1. The van der Waals surface area contributed by atoms with Gasteiger partial charge in [0.1, 0.15) is 11.6 Å². The van der Waals surface area contributed by atoms with Crippen LogP contribution in [0, 0.1) is 5.82 Å². The van der Waals surface area contributed by atoms with Crippen molar-refractivity contribution in [2.24, 2.45) is 0 Å². The number of alkyl halides is 3. The Kier molecular flexibility index (Phi) is 11.7. The third-order valence-corrected chi connectivity index (χ3v) is 5.30. The van der Waals surface area contributed by atoms with Crippen LogP contribution in [0.1, 0.15) is 30.6 Å². The summed E-state index contributed by atoms with van der Waals surface area (Å²) in [6.45, 7) is 8.05. The van der Waals surface area contributed by atoms with E-state index >= 15 is 0 Å². The van der Waals surface area contributed by atoms with E-state index < -0.39 is 23.9 Å². The Hall–Kier alpha value is -4.20. The Morgan fingerprint density at radius 1 is 1.10 bits per heavy atom. The van der Waals surface area contributed by atoms with Gasteiger partial charge in [0.05, 0.1) is 18.2 Å². The van der Waals surface area contributed by atoms with Crippen LogP contribution in [0.25, 0.3) is 11.5 Å². The minimum absolute atomic E-state index is 0.0378. The summed E-state index contributed by atoms with van der Waals surface area (Å²) in [6.07, 6.45) is -4.13. The number of nitrogens with zero attached hydrogens (tertiary/aromatic N) is 3. The Labute approximate surface area is 222 Å². The van der Waals surface area contributed by atoms with E-state index in [1.807, 2.05) is 0 Å². The molecule has 14 heteroatoms. The Balaban J connectivity index is 0.000000673. The molecule has 1 aromatic heterocycles. The van der Waals surface area contributed by atoms with Crippen molar-refractivity contribution in [3.63, 3.8) is 0 Å². The maximum absolute atomic E-state index is 13.8. The number of carboxylic acids is 1. The maximum atomic E-state index is 13.8. The van der Waals surface area contributed by atoms with Gasteiger partial charge < -0.3 is 29.8 Å². The number of rotatable bonds is 11. The van der Waals surface area contributed by atoms with Crippen molar-refractivity contribution < 1.29 is 41.4 Å². The van der Waals surface area contributed by atoms with E-state index in [2.05, 4.69) is 39.6 Å². The van der Waals surface area contributed by atoms with Crippen LogP contribution in [-0.2, 0) is 4.79 Å². The zero-order chi connectivity index (χ0) is 29.0. The van der Waals surface area contributed by atoms with E-state index in [0.717, 1.165) is 32.6 Å². The zero-order valence-electron chi connectivity index (χ0n) is 21.5. The molecule has 39 heavy (non-hydrogen) atoms. The number of aromatic nitrogens is 2. The topological polar surface area (TPSA) is 130 Å². The number of carbonyl (C=O) groups excluding carboxylic acids is 1. The predicted octanol–water partition coefficient (Wildman–Crippen LogP) is 4.91. The first-order chi connectivity index (χ1) is 18.5. The number of hydrogen-bond acceptors (Lipinski definition) is 8. The highest BCUT2D eigenvalue weighted by molar-refractivity contribution is 6.04. The van der Waals surface area contributed by atoms with Crippen molar-refractivity contribution in [1.29, 1.82) is 0 Å². The molecule has 3 aromatic rings. The molecule has 0 saturated heterocycles. The van der Waals surface area contributed by atoms with Crippen LogP contribution < -0.4 is 15.4 Å².